The van der Waals surface area contributed by atoms with E-state index in [9.17, 15) is 9.59 Å². The van der Waals surface area contributed by atoms with Crippen LogP contribution in [-0.2, 0) is 9.59 Å². The average Bonchev–Trinajstić information content (AvgIpc) is 2.38. The highest BCUT2D eigenvalue weighted by molar-refractivity contribution is 7.99. The first-order chi connectivity index (χ1) is 8.66. The predicted molar refractivity (Wildman–Crippen MR) is 73.6 cm³/mol. The van der Waals surface area contributed by atoms with Crippen molar-refractivity contribution in [3.05, 3.63) is 12.2 Å². The summed E-state index contributed by atoms with van der Waals surface area (Å²) >= 11 is 1.84. The average molecular weight is 271 g/mol. The molecule has 2 atom stereocenters. The Kier molecular flexibility index (Phi) is 6.86. The van der Waals surface area contributed by atoms with Crippen molar-refractivity contribution in [1.29, 1.82) is 0 Å². The van der Waals surface area contributed by atoms with Crippen LogP contribution >= 0.6 is 11.8 Å². The maximum Gasteiger partial charge on any atom is 0.307 e. The lowest BCUT2D eigenvalue weighted by Gasteiger charge is -2.24. The number of aliphatic carboxylic acids is 1. The molecule has 1 amide bonds. The van der Waals surface area contributed by atoms with E-state index in [1.54, 1.807) is 0 Å². The highest BCUT2D eigenvalue weighted by Gasteiger charge is 2.33. The molecule has 0 unspecified atom stereocenters. The maximum atomic E-state index is 11.9. The van der Waals surface area contributed by atoms with E-state index >= 15 is 0 Å². The summed E-state index contributed by atoms with van der Waals surface area (Å²) in [6.07, 6.45) is 5.67. The molecule has 0 radical (unpaired) electrons. The summed E-state index contributed by atoms with van der Waals surface area (Å²) in [7, 11) is 0. The molecule has 0 bridgehead atoms. The molecule has 0 aliphatic heterocycles. The summed E-state index contributed by atoms with van der Waals surface area (Å²) in [5.41, 5.74) is 0. The topological polar surface area (TPSA) is 66.4 Å². The standard InChI is InChI=1S/C13H21NO3S/c1-2-18-9-5-8-14-12(15)10-6-3-4-7-11(10)13(16)17/h3-4,10-11H,2,5-9H2,1H3,(H,14,15)(H,16,17)/t10-,11+/m1/s1. The minimum atomic E-state index is -0.874. The number of carbonyl (C=O) groups excluding carboxylic acids is 1. The van der Waals surface area contributed by atoms with E-state index in [0.717, 1.165) is 17.9 Å². The fraction of sp³-hybridized carbons (Fsp3) is 0.692. The molecule has 0 fully saturated rings. The van der Waals surface area contributed by atoms with Crippen LogP contribution in [-0.4, -0.2) is 35.0 Å². The fourth-order valence-corrected chi connectivity index (χ4v) is 2.68. The number of hydrogen-bond acceptors (Lipinski definition) is 3. The fourth-order valence-electron chi connectivity index (χ4n) is 2.04. The second-order valence-electron chi connectivity index (χ2n) is 4.34. The van der Waals surface area contributed by atoms with Gasteiger partial charge in [-0.15, -0.1) is 0 Å². The highest BCUT2D eigenvalue weighted by Crippen LogP contribution is 2.25. The number of amides is 1. The predicted octanol–water partition coefficient (Wildman–Crippen LogP) is 1.91. The van der Waals surface area contributed by atoms with E-state index in [1.165, 1.54) is 0 Å². The van der Waals surface area contributed by atoms with E-state index < -0.39 is 17.8 Å². The van der Waals surface area contributed by atoms with Crippen molar-refractivity contribution in [2.24, 2.45) is 11.8 Å². The number of carbonyl (C=O) groups is 2. The van der Waals surface area contributed by atoms with Gasteiger partial charge >= 0.3 is 5.97 Å². The van der Waals surface area contributed by atoms with Crippen LogP contribution in [0.5, 0.6) is 0 Å². The summed E-state index contributed by atoms with van der Waals surface area (Å²) in [5, 5.41) is 11.9. The Labute approximate surface area is 112 Å². The molecule has 4 nitrogen and oxygen atoms in total. The van der Waals surface area contributed by atoms with Crippen LogP contribution in [0.25, 0.3) is 0 Å². The number of carboxylic acids is 1. The molecule has 0 saturated heterocycles. The lowest BCUT2D eigenvalue weighted by atomic mass is 9.82. The van der Waals surface area contributed by atoms with Gasteiger partial charge in [0.25, 0.3) is 0 Å². The third-order valence-corrected chi connectivity index (χ3v) is 4.04. The molecule has 0 saturated carbocycles. The van der Waals surface area contributed by atoms with E-state index in [0.29, 0.717) is 19.4 Å². The van der Waals surface area contributed by atoms with E-state index in [4.69, 9.17) is 5.11 Å². The quantitative estimate of drug-likeness (QED) is 0.548. The first kappa shape index (κ1) is 15.1. The molecular weight excluding hydrogens is 250 g/mol. The van der Waals surface area contributed by atoms with Gasteiger partial charge in [0.15, 0.2) is 0 Å². The van der Waals surface area contributed by atoms with Crippen LogP contribution in [0.2, 0.25) is 0 Å². The lowest BCUT2D eigenvalue weighted by molar-refractivity contribution is -0.147. The van der Waals surface area contributed by atoms with Crippen LogP contribution in [0, 0.1) is 11.8 Å². The zero-order valence-corrected chi connectivity index (χ0v) is 11.5. The number of rotatable bonds is 7. The van der Waals surface area contributed by atoms with Crippen LogP contribution in [0.1, 0.15) is 26.2 Å². The highest BCUT2D eigenvalue weighted by atomic mass is 32.2. The van der Waals surface area contributed by atoms with Crippen molar-refractivity contribution < 1.29 is 14.7 Å². The van der Waals surface area contributed by atoms with Gasteiger partial charge in [-0.1, -0.05) is 19.1 Å². The van der Waals surface area contributed by atoms with Gasteiger partial charge in [0, 0.05) is 6.54 Å². The number of thioether (sulfide) groups is 1. The monoisotopic (exact) mass is 271 g/mol. The molecule has 0 aromatic rings. The summed E-state index contributed by atoms with van der Waals surface area (Å²) in [6, 6.07) is 0. The minimum Gasteiger partial charge on any atom is -0.481 e. The second-order valence-corrected chi connectivity index (χ2v) is 5.73. The van der Waals surface area contributed by atoms with Crippen molar-refractivity contribution in [3.63, 3.8) is 0 Å². The van der Waals surface area contributed by atoms with Crippen molar-refractivity contribution in [1.82, 2.24) is 5.32 Å². The summed E-state index contributed by atoms with van der Waals surface area (Å²) in [4.78, 5) is 23.0. The smallest absolute Gasteiger partial charge is 0.307 e. The van der Waals surface area contributed by atoms with Crippen molar-refractivity contribution in [2.75, 3.05) is 18.1 Å². The molecule has 1 aliphatic rings. The van der Waals surface area contributed by atoms with E-state index in [-0.39, 0.29) is 5.91 Å². The Morgan fingerprint density at radius 2 is 2.00 bits per heavy atom. The normalized spacial score (nSPS) is 22.7. The van der Waals surface area contributed by atoms with Crippen LogP contribution in [0.3, 0.4) is 0 Å². The maximum absolute atomic E-state index is 11.9. The molecular formula is C13H21NO3S. The van der Waals surface area contributed by atoms with Crippen LogP contribution in [0.4, 0.5) is 0 Å². The van der Waals surface area contributed by atoms with Gasteiger partial charge in [-0.25, -0.2) is 0 Å². The number of hydrogen-bond donors (Lipinski definition) is 2. The van der Waals surface area contributed by atoms with Crippen LogP contribution in [0.15, 0.2) is 12.2 Å². The van der Waals surface area contributed by atoms with Gasteiger partial charge in [-0.2, -0.15) is 11.8 Å². The summed E-state index contributed by atoms with van der Waals surface area (Å²) in [6.45, 7) is 2.74. The number of nitrogens with one attached hydrogen (secondary N) is 1. The lowest BCUT2D eigenvalue weighted by Crippen LogP contribution is -2.39. The number of allylic oxidation sites excluding steroid dienone is 2. The van der Waals surface area contributed by atoms with Gasteiger partial charge in [-0.3, -0.25) is 9.59 Å². The zero-order chi connectivity index (χ0) is 13.4. The first-order valence-electron chi connectivity index (χ1n) is 6.40. The van der Waals surface area contributed by atoms with Gasteiger partial charge in [0.1, 0.15) is 0 Å². The molecule has 0 heterocycles. The molecule has 0 aromatic carbocycles. The molecule has 2 N–H and O–H groups in total. The molecule has 102 valence electrons. The molecule has 1 aliphatic carbocycles. The van der Waals surface area contributed by atoms with Gasteiger partial charge < -0.3 is 10.4 Å². The Bertz CT molecular complexity index is 317. The van der Waals surface area contributed by atoms with Gasteiger partial charge in [0.2, 0.25) is 5.91 Å². The molecule has 0 aromatic heterocycles. The van der Waals surface area contributed by atoms with Crippen LogP contribution < -0.4 is 5.32 Å². The largest absolute Gasteiger partial charge is 0.481 e. The summed E-state index contributed by atoms with van der Waals surface area (Å²) in [5.74, 6) is 0.146. The second kappa shape index (κ2) is 8.19. The van der Waals surface area contributed by atoms with E-state index in [1.807, 2.05) is 23.9 Å². The Morgan fingerprint density at radius 3 is 2.61 bits per heavy atom. The minimum absolute atomic E-state index is 0.117. The molecule has 18 heavy (non-hydrogen) atoms. The third-order valence-electron chi connectivity index (χ3n) is 3.06. The molecule has 0 spiro atoms. The molecule has 5 heteroatoms. The third kappa shape index (κ3) is 4.72. The van der Waals surface area contributed by atoms with Crippen molar-refractivity contribution in [2.45, 2.75) is 26.2 Å². The first-order valence-corrected chi connectivity index (χ1v) is 7.55. The van der Waals surface area contributed by atoms with Gasteiger partial charge in [-0.05, 0) is 30.8 Å². The number of carboxylic acid groups (broad SMARTS) is 1. The zero-order valence-electron chi connectivity index (χ0n) is 10.7. The Balaban J connectivity index is 2.35. The Hall–Kier alpha value is -0.970. The Morgan fingerprint density at radius 1 is 1.33 bits per heavy atom. The molecule has 1 rings (SSSR count). The summed E-state index contributed by atoms with van der Waals surface area (Å²) < 4.78 is 0. The van der Waals surface area contributed by atoms with Crippen molar-refractivity contribution in [3.8, 4) is 0 Å². The van der Waals surface area contributed by atoms with E-state index in [2.05, 4.69) is 12.2 Å². The van der Waals surface area contributed by atoms with Gasteiger partial charge in [0.05, 0.1) is 11.8 Å². The van der Waals surface area contributed by atoms with Crippen molar-refractivity contribution >= 4 is 23.6 Å². The SMILES string of the molecule is CCSCCCNC(=O)[C@@H]1CC=CC[C@@H]1C(=O)O.